The highest BCUT2D eigenvalue weighted by molar-refractivity contribution is 8.00. The van der Waals surface area contributed by atoms with Crippen LogP contribution in [0.15, 0.2) is 47.1 Å². The molecule has 3 aromatic rings. The summed E-state index contributed by atoms with van der Waals surface area (Å²) in [6, 6.07) is 9.83. The number of thioether (sulfide) groups is 1. The number of aromatic nitrogens is 2. The number of halogens is 1. The van der Waals surface area contributed by atoms with Crippen LogP contribution in [0.3, 0.4) is 0 Å². The smallest absolute Gasteiger partial charge is 0.233 e. The zero-order chi connectivity index (χ0) is 17.9. The fourth-order valence-electron chi connectivity index (χ4n) is 2.98. The van der Waals surface area contributed by atoms with E-state index >= 15 is 0 Å². The third-order valence-electron chi connectivity index (χ3n) is 4.35. The predicted molar refractivity (Wildman–Crippen MR) is 108 cm³/mol. The maximum absolute atomic E-state index is 12.6. The molecule has 0 spiro atoms. The van der Waals surface area contributed by atoms with E-state index in [4.69, 9.17) is 11.6 Å². The van der Waals surface area contributed by atoms with Gasteiger partial charge in [0.25, 0.3) is 0 Å². The zero-order valence-electron chi connectivity index (χ0n) is 14.0. The lowest BCUT2D eigenvalue weighted by Crippen LogP contribution is -2.49. The van der Waals surface area contributed by atoms with Gasteiger partial charge in [0.1, 0.15) is 11.4 Å². The number of fused-ring (bicyclic) bond motifs is 1. The number of carbonyl (C=O) groups is 1. The Morgan fingerprint density at radius 3 is 2.85 bits per heavy atom. The maximum atomic E-state index is 12.6. The Morgan fingerprint density at radius 1 is 1.19 bits per heavy atom. The minimum absolute atomic E-state index is 0.157. The molecule has 8 heteroatoms. The van der Waals surface area contributed by atoms with Crippen molar-refractivity contribution in [3.05, 3.63) is 47.1 Å². The molecule has 0 atom stereocenters. The number of nitrogens with zero attached hydrogens (tertiary/aromatic N) is 4. The maximum Gasteiger partial charge on any atom is 0.233 e. The molecule has 0 bridgehead atoms. The molecule has 4 rings (SSSR count). The molecule has 2 aromatic heterocycles. The molecule has 0 aliphatic carbocycles. The molecular formula is C18H17ClN4OS2. The van der Waals surface area contributed by atoms with Gasteiger partial charge in [-0.25, -0.2) is 9.97 Å². The van der Waals surface area contributed by atoms with Crippen molar-refractivity contribution in [2.75, 3.05) is 36.8 Å². The average molecular weight is 405 g/mol. The molecule has 134 valence electrons. The molecule has 3 heterocycles. The Labute approximate surface area is 165 Å². The van der Waals surface area contributed by atoms with Gasteiger partial charge in [-0.15, -0.1) is 11.3 Å². The lowest BCUT2D eigenvalue weighted by Gasteiger charge is -2.36. The highest BCUT2D eigenvalue weighted by Gasteiger charge is 2.22. The van der Waals surface area contributed by atoms with Crippen LogP contribution in [0.5, 0.6) is 0 Å². The number of hydrogen-bond acceptors (Lipinski definition) is 6. The van der Waals surface area contributed by atoms with Gasteiger partial charge in [-0.05, 0) is 29.6 Å². The summed E-state index contributed by atoms with van der Waals surface area (Å²) in [5.41, 5.74) is 2.05. The quantitative estimate of drug-likeness (QED) is 0.489. The van der Waals surface area contributed by atoms with Crippen LogP contribution in [0.1, 0.15) is 0 Å². The topological polar surface area (TPSA) is 49.3 Å². The minimum atomic E-state index is 0.157. The predicted octanol–water partition coefficient (Wildman–Crippen LogP) is 3.79. The van der Waals surface area contributed by atoms with Crippen molar-refractivity contribution >= 4 is 56.5 Å². The summed E-state index contributed by atoms with van der Waals surface area (Å²) >= 11 is 9.18. The third kappa shape index (κ3) is 3.79. The van der Waals surface area contributed by atoms with Gasteiger partial charge in [-0.3, -0.25) is 4.79 Å². The molecule has 0 N–H and O–H groups in total. The van der Waals surface area contributed by atoms with Gasteiger partial charge in [0.2, 0.25) is 5.91 Å². The van der Waals surface area contributed by atoms with Gasteiger partial charge in [-0.1, -0.05) is 29.4 Å². The SMILES string of the molecule is O=C(CSc1ncnc2ccsc12)N1CCN(c2cccc(Cl)c2)CC1. The third-order valence-corrected chi connectivity index (χ3v) is 6.60. The Hall–Kier alpha value is -1.83. The monoisotopic (exact) mass is 404 g/mol. The van der Waals surface area contributed by atoms with Crippen molar-refractivity contribution in [2.45, 2.75) is 5.03 Å². The van der Waals surface area contributed by atoms with Crippen LogP contribution in [0.4, 0.5) is 5.69 Å². The van der Waals surface area contributed by atoms with Crippen molar-refractivity contribution in [3.8, 4) is 0 Å². The van der Waals surface area contributed by atoms with Crippen LogP contribution in [0.2, 0.25) is 5.02 Å². The number of thiophene rings is 1. The molecule has 5 nitrogen and oxygen atoms in total. The van der Waals surface area contributed by atoms with Crippen LogP contribution in [-0.2, 0) is 4.79 Å². The highest BCUT2D eigenvalue weighted by atomic mass is 35.5. The summed E-state index contributed by atoms with van der Waals surface area (Å²) in [4.78, 5) is 25.3. The minimum Gasteiger partial charge on any atom is -0.368 e. The summed E-state index contributed by atoms with van der Waals surface area (Å²) in [5.74, 6) is 0.560. The normalized spacial score (nSPS) is 14.8. The van der Waals surface area contributed by atoms with E-state index in [0.717, 1.165) is 52.1 Å². The Morgan fingerprint density at radius 2 is 2.04 bits per heavy atom. The summed E-state index contributed by atoms with van der Waals surface area (Å²) in [6.45, 7) is 3.09. The first-order valence-electron chi connectivity index (χ1n) is 8.30. The Bertz CT molecular complexity index is 924. The van der Waals surface area contributed by atoms with Crippen molar-refractivity contribution in [1.29, 1.82) is 0 Å². The fourth-order valence-corrected chi connectivity index (χ4v) is 5.01. The number of amides is 1. The van der Waals surface area contributed by atoms with E-state index in [0.29, 0.717) is 5.75 Å². The van der Waals surface area contributed by atoms with Crippen LogP contribution < -0.4 is 4.90 Å². The molecule has 1 aliphatic heterocycles. The zero-order valence-corrected chi connectivity index (χ0v) is 16.4. The largest absolute Gasteiger partial charge is 0.368 e. The van der Waals surface area contributed by atoms with E-state index in [1.807, 2.05) is 34.5 Å². The number of carbonyl (C=O) groups excluding carboxylic acids is 1. The fraction of sp³-hybridized carbons (Fsp3) is 0.278. The average Bonchev–Trinajstić information content (AvgIpc) is 3.15. The molecule has 1 fully saturated rings. The molecule has 1 amide bonds. The second-order valence-electron chi connectivity index (χ2n) is 5.95. The number of rotatable bonds is 4. The number of hydrogen-bond donors (Lipinski definition) is 0. The van der Waals surface area contributed by atoms with Crippen molar-refractivity contribution < 1.29 is 4.79 Å². The van der Waals surface area contributed by atoms with Crippen LogP contribution >= 0.6 is 34.7 Å². The summed E-state index contributed by atoms with van der Waals surface area (Å²) < 4.78 is 1.05. The van der Waals surface area contributed by atoms with Crippen molar-refractivity contribution in [1.82, 2.24) is 14.9 Å². The van der Waals surface area contributed by atoms with Crippen molar-refractivity contribution in [3.63, 3.8) is 0 Å². The molecule has 26 heavy (non-hydrogen) atoms. The standard InChI is InChI=1S/C18H17ClN4OS2/c19-13-2-1-3-14(10-13)22-5-7-23(8-6-22)16(24)11-26-18-17-15(4-9-25-17)20-12-21-18/h1-4,9-10,12H,5-8,11H2. The van der Waals surface area contributed by atoms with Gasteiger partial charge in [-0.2, -0.15) is 0 Å². The van der Waals surface area contributed by atoms with Crippen molar-refractivity contribution in [2.24, 2.45) is 0 Å². The summed E-state index contributed by atoms with van der Waals surface area (Å²) in [6.07, 6.45) is 1.56. The molecule has 1 saturated heterocycles. The van der Waals surface area contributed by atoms with E-state index in [-0.39, 0.29) is 5.91 Å². The molecule has 0 radical (unpaired) electrons. The van der Waals surface area contributed by atoms with Crippen LogP contribution in [0, 0.1) is 0 Å². The van der Waals surface area contributed by atoms with Crippen LogP contribution in [-0.4, -0.2) is 52.7 Å². The summed E-state index contributed by atoms with van der Waals surface area (Å²) in [5, 5.41) is 3.62. The highest BCUT2D eigenvalue weighted by Crippen LogP contribution is 2.29. The number of anilines is 1. The van der Waals surface area contributed by atoms with Gasteiger partial charge in [0, 0.05) is 36.9 Å². The first-order chi connectivity index (χ1) is 12.7. The van der Waals surface area contributed by atoms with E-state index < -0.39 is 0 Å². The van der Waals surface area contributed by atoms with Gasteiger partial charge >= 0.3 is 0 Å². The Balaban J connectivity index is 1.33. The second-order valence-corrected chi connectivity index (χ2v) is 8.27. The summed E-state index contributed by atoms with van der Waals surface area (Å²) in [7, 11) is 0. The molecule has 0 saturated carbocycles. The Kier molecular flexibility index (Phi) is 5.28. The van der Waals surface area contributed by atoms with Gasteiger partial charge < -0.3 is 9.80 Å². The molecule has 0 unspecified atom stereocenters. The van der Waals surface area contributed by atoms with Crippen LogP contribution in [0.25, 0.3) is 10.2 Å². The molecule has 1 aliphatic rings. The molecule has 1 aromatic carbocycles. The lowest BCUT2D eigenvalue weighted by atomic mass is 10.2. The van der Waals surface area contributed by atoms with E-state index in [1.54, 1.807) is 17.7 Å². The van der Waals surface area contributed by atoms with Gasteiger partial charge in [0.15, 0.2) is 0 Å². The first kappa shape index (κ1) is 17.6. The lowest BCUT2D eigenvalue weighted by molar-refractivity contribution is -0.128. The van der Waals surface area contributed by atoms with Gasteiger partial charge in [0.05, 0.1) is 16.0 Å². The van der Waals surface area contributed by atoms with E-state index in [1.165, 1.54) is 11.8 Å². The number of benzene rings is 1. The van der Waals surface area contributed by atoms with E-state index in [9.17, 15) is 4.79 Å². The second kappa shape index (κ2) is 7.82. The number of piperazine rings is 1. The molecular weight excluding hydrogens is 388 g/mol. The van der Waals surface area contributed by atoms with E-state index in [2.05, 4.69) is 20.9 Å². The first-order valence-corrected chi connectivity index (χ1v) is 10.5.